The van der Waals surface area contributed by atoms with E-state index in [1.165, 1.54) is 14.0 Å². The second-order valence-electron chi connectivity index (χ2n) is 8.01. The summed E-state index contributed by atoms with van der Waals surface area (Å²) in [6.45, 7) is 3.50. The van der Waals surface area contributed by atoms with Crippen LogP contribution in [0.5, 0.6) is 0 Å². The Morgan fingerprint density at radius 2 is 1.49 bits per heavy atom. The van der Waals surface area contributed by atoms with Gasteiger partial charge in [0, 0.05) is 38.7 Å². The lowest BCUT2D eigenvalue weighted by molar-refractivity contribution is -0.273. The van der Waals surface area contributed by atoms with Crippen molar-refractivity contribution in [2.24, 2.45) is 5.11 Å². The molecule has 0 amide bonds. The maximum Gasteiger partial charge on any atom is 0.305 e. The van der Waals surface area contributed by atoms with Crippen LogP contribution in [0.2, 0.25) is 0 Å². The predicted octanol–water partition coefficient (Wildman–Crippen LogP) is 2.74. The molecule has 0 N–H and O–H groups in total. The lowest BCUT2D eigenvalue weighted by atomic mass is 9.96. The molecule has 0 bridgehead atoms. The molecule has 1 saturated heterocycles. The number of rotatable bonds is 15. The highest BCUT2D eigenvalue weighted by Crippen LogP contribution is 2.30. The van der Waals surface area contributed by atoms with E-state index in [4.69, 9.17) is 29.2 Å². The third-order valence-corrected chi connectivity index (χ3v) is 5.14. The van der Waals surface area contributed by atoms with Gasteiger partial charge in [-0.2, -0.15) is 0 Å². The smallest absolute Gasteiger partial charge is 0.305 e. The highest BCUT2D eigenvalue weighted by Gasteiger charge is 2.50. The number of carbonyl (C=O) groups excluding carboxylic acids is 4. The highest BCUT2D eigenvalue weighted by atomic mass is 16.7. The molecular formula is C22H35N3O10. The Morgan fingerprint density at radius 3 is 2.06 bits per heavy atom. The van der Waals surface area contributed by atoms with Gasteiger partial charge in [0.25, 0.3) is 0 Å². The monoisotopic (exact) mass is 501 g/mol. The van der Waals surface area contributed by atoms with Crippen molar-refractivity contribution in [2.45, 2.75) is 96.4 Å². The van der Waals surface area contributed by atoms with E-state index < -0.39 is 48.6 Å². The van der Waals surface area contributed by atoms with E-state index in [1.807, 2.05) is 0 Å². The van der Waals surface area contributed by atoms with Gasteiger partial charge in [0.2, 0.25) is 0 Å². The first-order chi connectivity index (χ1) is 16.7. The van der Waals surface area contributed by atoms with Gasteiger partial charge < -0.3 is 28.4 Å². The fourth-order valence-corrected chi connectivity index (χ4v) is 3.59. The van der Waals surface area contributed by atoms with Crippen molar-refractivity contribution in [3.8, 4) is 0 Å². The van der Waals surface area contributed by atoms with Crippen LogP contribution in [0, 0.1) is 0 Å². The van der Waals surface area contributed by atoms with E-state index in [0.29, 0.717) is 12.8 Å². The van der Waals surface area contributed by atoms with Gasteiger partial charge in [0.15, 0.2) is 18.5 Å². The van der Waals surface area contributed by atoms with Crippen LogP contribution in [0.1, 0.15) is 65.7 Å². The van der Waals surface area contributed by atoms with Gasteiger partial charge in [0.05, 0.1) is 7.11 Å². The Labute approximate surface area is 204 Å². The zero-order valence-corrected chi connectivity index (χ0v) is 20.7. The average Bonchev–Trinajstić information content (AvgIpc) is 2.79. The largest absolute Gasteiger partial charge is 0.469 e. The maximum atomic E-state index is 11.7. The maximum absolute atomic E-state index is 11.7. The Morgan fingerprint density at radius 1 is 0.886 bits per heavy atom. The van der Waals surface area contributed by atoms with Gasteiger partial charge in [0.1, 0.15) is 18.8 Å². The van der Waals surface area contributed by atoms with Crippen LogP contribution in [0.4, 0.5) is 0 Å². The normalized spacial score (nSPS) is 23.5. The fraction of sp³-hybridized carbons (Fsp3) is 0.818. The van der Waals surface area contributed by atoms with Crippen LogP contribution in [-0.4, -0.2) is 74.8 Å². The van der Waals surface area contributed by atoms with Crippen LogP contribution in [-0.2, 0) is 47.6 Å². The molecule has 1 fully saturated rings. The number of methoxy groups -OCH3 is 1. The highest BCUT2D eigenvalue weighted by molar-refractivity contribution is 5.69. The summed E-state index contributed by atoms with van der Waals surface area (Å²) in [7, 11) is 1.37. The second kappa shape index (κ2) is 16.7. The van der Waals surface area contributed by atoms with Gasteiger partial charge in [-0.3, -0.25) is 19.2 Å². The molecule has 0 unspecified atom stereocenters. The number of azide groups is 1. The molecule has 5 atom stereocenters. The number of ether oxygens (including phenoxy) is 6. The van der Waals surface area contributed by atoms with Gasteiger partial charge in [-0.1, -0.05) is 30.8 Å². The van der Waals surface area contributed by atoms with E-state index in [-0.39, 0.29) is 19.2 Å². The van der Waals surface area contributed by atoms with Gasteiger partial charge in [-0.25, -0.2) is 0 Å². The minimum Gasteiger partial charge on any atom is -0.469 e. The molecule has 35 heavy (non-hydrogen) atoms. The Bertz CT molecular complexity index is 756. The molecule has 0 saturated carbocycles. The van der Waals surface area contributed by atoms with Crippen molar-refractivity contribution in [1.29, 1.82) is 0 Å². The first kappa shape index (κ1) is 30.1. The topological polar surface area (TPSA) is 172 Å². The van der Waals surface area contributed by atoms with E-state index >= 15 is 0 Å². The van der Waals surface area contributed by atoms with Crippen LogP contribution in [0.25, 0.3) is 10.4 Å². The molecule has 0 aliphatic carbocycles. The molecule has 0 spiro atoms. The van der Waals surface area contributed by atoms with Crippen molar-refractivity contribution in [2.75, 3.05) is 20.3 Å². The molecule has 13 heteroatoms. The number of hydrogen-bond donors (Lipinski definition) is 0. The third-order valence-electron chi connectivity index (χ3n) is 5.14. The molecule has 1 heterocycles. The van der Waals surface area contributed by atoms with Crippen LogP contribution in [0.3, 0.4) is 0 Å². The van der Waals surface area contributed by atoms with Crippen LogP contribution >= 0.6 is 0 Å². The molecule has 1 rings (SSSR count). The van der Waals surface area contributed by atoms with E-state index in [0.717, 1.165) is 46.0 Å². The molecule has 0 aromatic rings. The molecule has 0 aromatic heterocycles. The number of carbonyl (C=O) groups is 4. The lowest BCUT2D eigenvalue weighted by Crippen LogP contribution is -2.61. The number of unbranched alkanes of at least 4 members (excludes halogenated alkanes) is 5. The first-order valence-electron chi connectivity index (χ1n) is 11.6. The number of hydrogen-bond acceptors (Lipinski definition) is 11. The molecule has 13 nitrogen and oxygen atoms in total. The summed E-state index contributed by atoms with van der Waals surface area (Å²) in [6.07, 6.45) is 1.01. The molecule has 1 aliphatic heterocycles. The van der Waals surface area contributed by atoms with Crippen molar-refractivity contribution >= 4 is 23.9 Å². The van der Waals surface area contributed by atoms with E-state index in [9.17, 15) is 19.2 Å². The Balaban J connectivity index is 2.75. The molecule has 198 valence electrons. The molecule has 1 aliphatic rings. The summed E-state index contributed by atoms with van der Waals surface area (Å²) in [5.41, 5.74) is 9.06. The standard InChI is InChI=1S/C22H35N3O10/c1-14(26)32-13-17-20(33-15(2)27)21(34-16(3)28)19(24-25-23)22(35-17)31-12-10-8-6-5-7-9-11-18(29)30-4/h17,19-22H,5-13H2,1-4H3/t17-,19-,20-,21-,22-/m1/s1. The Hall–Kier alpha value is -2.89. The van der Waals surface area contributed by atoms with E-state index in [1.54, 1.807) is 0 Å². The molecule has 0 radical (unpaired) electrons. The van der Waals surface area contributed by atoms with Crippen LogP contribution < -0.4 is 0 Å². The van der Waals surface area contributed by atoms with E-state index in [2.05, 4.69) is 14.8 Å². The fourth-order valence-electron chi connectivity index (χ4n) is 3.59. The van der Waals surface area contributed by atoms with Crippen molar-refractivity contribution < 1.29 is 47.6 Å². The van der Waals surface area contributed by atoms with Crippen molar-refractivity contribution in [1.82, 2.24) is 0 Å². The quantitative estimate of drug-likeness (QED) is 0.0810. The number of esters is 4. The van der Waals surface area contributed by atoms with Crippen LogP contribution in [0.15, 0.2) is 5.11 Å². The summed E-state index contributed by atoms with van der Waals surface area (Å²) in [6, 6.07) is -1.14. The summed E-state index contributed by atoms with van der Waals surface area (Å²) < 4.78 is 31.9. The SMILES string of the molecule is COC(=O)CCCCCCCCO[C@@H]1O[C@H](COC(C)=O)[C@@H](OC(C)=O)[C@H](OC(C)=O)[C@H]1N=[N+]=[N-]. The minimum atomic E-state index is -1.21. The lowest BCUT2D eigenvalue weighted by Gasteiger charge is -2.43. The van der Waals surface area contributed by atoms with Crippen molar-refractivity contribution in [3.63, 3.8) is 0 Å². The number of nitrogens with zero attached hydrogens (tertiary/aromatic N) is 3. The zero-order valence-electron chi connectivity index (χ0n) is 20.7. The summed E-state index contributed by atoms with van der Waals surface area (Å²) in [4.78, 5) is 48.6. The van der Waals surface area contributed by atoms with Gasteiger partial charge >= 0.3 is 23.9 Å². The zero-order chi connectivity index (χ0) is 26.2. The summed E-state index contributed by atoms with van der Waals surface area (Å²) in [5.74, 6) is -2.17. The Kier molecular flexibility index (Phi) is 14.4. The predicted molar refractivity (Wildman–Crippen MR) is 120 cm³/mol. The first-order valence-corrected chi connectivity index (χ1v) is 11.6. The third kappa shape index (κ3) is 11.9. The molecular weight excluding hydrogens is 466 g/mol. The van der Waals surface area contributed by atoms with Gasteiger partial charge in [-0.05, 0) is 18.4 Å². The summed E-state index contributed by atoms with van der Waals surface area (Å²) >= 11 is 0. The van der Waals surface area contributed by atoms with Crippen molar-refractivity contribution in [3.05, 3.63) is 10.4 Å². The average molecular weight is 502 g/mol. The molecule has 0 aromatic carbocycles. The minimum absolute atomic E-state index is 0.213. The van der Waals surface area contributed by atoms with Gasteiger partial charge in [-0.15, -0.1) is 0 Å². The summed E-state index contributed by atoms with van der Waals surface area (Å²) in [5, 5.41) is 3.67. The second-order valence-corrected chi connectivity index (χ2v) is 8.01.